The summed E-state index contributed by atoms with van der Waals surface area (Å²) in [5, 5.41) is 0. The van der Waals surface area contributed by atoms with Gasteiger partial charge < -0.3 is 38.4 Å². The van der Waals surface area contributed by atoms with Gasteiger partial charge in [-0.15, -0.1) is 0 Å². The van der Waals surface area contributed by atoms with Gasteiger partial charge in [0, 0.05) is 0 Å². The molecule has 480 valence electrons. The number of nitrogens with zero attached hydrogens (tertiary/aromatic N) is 2. The van der Waals surface area contributed by atoms with E-state index in [4.69, 9.17) is 0 Å². The van der Waals surface area contributed by atoms with Crippen LogP contribution in [0, 0.1) is 0 Å². The van der Waals surface area contributed by atoms with Gasteiger partial charge in [-0.1, -0.05) is 282 Å². The first-order valence-corrected chi connectivity index (χ1v) is 36.5. The molecule has 0 radical (unpaired) electrons. The smallest absolute Gasteiger partial charge is 0.0782 e. The van der Waals surface area contributed by atoms with Crippen LogP contribution in [0.1, 0.15) is 387 Å². The van der Waals surface area contributed by atoms with Crippen LogP contribution >= 0.6 is 0 Å². The highest BCUT2D eigenvalue weighted by Crippen LogP contribution is 2.17. The molecule has 0 saturated heterocycles. The molecule has 0 N–H and O–H groups in total. The van der Waals surface area contributed by atoms with Crippen LogP contribution in [0.3, 0.4) is 0 Å². The molecule has 0 aliphatic carbocycles. The van der Waals surface area contributed by atoms with Crippen LogP contribution in [-0.4, -0.2) is 63.3 Å². The van der Waals surface area contributed by atoms with E-state index in [-0.39, 0.29) is 29.4 Å². The number of quaternary nitrogens is 2. The number of rotatable bonds is 64. The van der Waals surface area contributed by atoms with Crippen LogP contribution in [0.2, 0.25) is 0 Å². The monoisotopic (exact) mass is 1210 g/mol. The lowest BCUT2D eigenvalue weighted by atomic mass is 10.1. The van der Waals surface area contributed by atoms with Crippen LogP contribution in [0.25, 0.3) is 0 Å². The van der Waals surface area contributed by atoms with Crippen molar-refractivity contribution < 1.29 is 38.4 Å². The van der Waals surface area contributed by atoms with E-state index in [1.54, 1.807) is 0 Å². The molecule has 0 spiro atoms. The van der Waals surface area contributed by atoms with Crippen molar-refractivity contribution >= 4 is 0 Å². The van der Waals surface area contributed by atoms with E-state index in [0.29, 0.717) is 0 Å². The van der Waals surface area contributed by atoms with Crippen molar-refractivity contribution in [2.75, 3.05) is 54.4 Å². The Morgan fingerprint density at radius 2 is 0.287 bits per heavy atom. The van der Waals surface area contributed by atoms with Gasteiger partial charge in [-0.3, -0.25) is 0 Å². The average Bonchev–Trinajstić information content (AvgIpc) is 3.42. The molecular formula is C76H152BrClN2. The van der Waals surface area contributed by atoms with Gasteiger partial charge in [-0.2, -0.15) is 0 Å². The van der Waals surface area contributed by atoms with Crippen molar-refractivity contribution in [3.05, 3.63) is 48.6 Å². The zero-order valence-corrected chi connectivity index (χ0v) is 59.0. The molecule has 0 aromatic rings. The number of hydrogen-bond acceptors (Lipinski definition) is 0. The molecule has 0 aliphatic heterocycles. The molecular weight excluding hydrogens is 1060 g/mol. The molecule has 4 heteroatoms. The second-order valence-electron chi connectivity index (χ2n) is 26.5. The van der Waals surface area contributed by atoms with Crippen molar-refractivity contribution in [1.29, 1.82) is 0 Å². The lowest BCUT2D eigenvalue weighted by Crippen LogP contribution is -3.00. The Morgan fingerprint density at radius 3 is 0.425 bits per heavy atom. The van der Waals surface area contributed by atoms with Gasteiger partial charge in [0.2, 0.25) is 0 Å². The second-order valence-corrected chi connectivity index (χ2v) is 26.5. The summed E-state index contributed by atoms with van der Waals surface area (Å²) >= 11 is 0. The van der Waals surface area contributed by atoms with Crippen LogP contribution in [-0.2, 0) is 0 Å². The predicted octanol–water partition coefficient (Wildman–Crippen LogP) is 20.3. The summed E-state index contributed by atoms with van der Waals surface area (Å²) < 4.78 is 2.46. The van der Waals surface area contributed by atoms with Crippen molar-refractivity contribution in [2.45, 2.75) is 387 Å². The second kappa shape index (κ2) is 74.7. The van der Waals surface area contributed by atoms with Gasteiger partial charge in [-0.05, 0) is 154 Å². The Balaban J connectivity index is -0.000000704. The van der Waals surface area contributed by atoms with Crippen LogP contribution in [0.5, 0.6) is 0 Å². The minimum absolute atomic E-state index is 0. The quantitative estimate of drug-likeness (QED) is 0.0323. The lowest BCUT2D eigenvalue weighted by Gasteiger charge is -2.30. The average molecular weight is 1210 g/mol. The van der Waals surface area contributed by atoms with Crippen molar-refractivity contribution in [3.63, 3.8) is 0 Å². The Morgan fingerprint density at radius 1 is 0.175 bits per heavy atom. The highest BCUT2D eigenvalue weighted by molar-refractivity contribution is 4.83. The molecule has 0 unspecified atom stereocenters. The van der Waals surface area contributed by atoms with E-state index < -0.39 is 0 Å². The minimum atomic E-state index is 0. The first kappa shape index (κ1) is 86.1. The van der Waals surface area contributed by atoms with E-state index >= 15 is 0 Å². The van der Waals surface area contributed by atoms with E-state index in [2.05, 4.69) is 104 Å². The minimum Gasteiger partial charge on any atom is -1.00 e. The number of allylic oxidation sites excluding steroid dienone is 8. The van der Waals surface area contributed by atoms with Crippen molar-refractivity contribution in [3.8, 4) is 0 Å². The fourth-order valence-corrected chi connectivity index (χ4v) is 11.4. The summed E-state index contributed by atoms with van der Waals surface area (Å²) in [5.74, 6) is 0. The summed E-state index contributed by atoms with van der Waals surface area (Å²) in [5.41, 5.74) is 0. The fraction of sp³-hybridized carbons (Fsp3) is 0.895. The summed E-state index contributed by atoms with van der Waals surface area (Å²) in [7, 11) is 9.81. The highest BCUT2D eigenvalue weighted by Gasteiger charge is 2.15. The molecule has 0 aromatic heterocycles. The third kappa shape index (κ3) is 79.7. The molecule has 80 heavy (non-hydrogen) atoms. The molecule has 0 amide bonds. The third-order valence-corrected chi connectivity index (χ3v) is 17.1. The van der Waals surface area contributed by atoms with Gasteiger partial charge in [0.25, 0.3) is 0 Å². The zero-order chi connectivity index (χ0) is 57.1. The molecule has 0 fully saturated rings. The Kier molecular flexibility index (Phi) is 80.4. The fourth-order valence-electron chi connectivity index (χ4n) is 11.4. The maximum Gasteiger partial charge on any atom is 0.0782 e. The summed E-state index contributed by atoms with van der Waals surface area (Å²) in [6.45, 7) is 14.7. The largest absolute Gasteiger partial charge is 1.00 e. The van der Waals surface area contributed by atoms with Crippen LogP contribution < -0.4 is 29.4 Å². The van der Waals surface area contributed by atoms with Gasteiger partial charge in [-0.25, -0.2) is 0 Å². The Bertz CT molecular complexity index is 1030. The van der Waals surface area contributed by atoms with Gasteiger partial charge in [0.15, 0.2) is 0 Å². The van der Waals surface area contributed by atoms with Crippen molar-refractivity contribution in [1.82, 2.24) is 0 Å². The Hall–Kier alpha value is -0.350. The predicted molar refractivity (Wildman–Crippen MR) is 361 cm³/mol. The van der Waals surface area contributed by atoms with E-state index in [1.165, 1.54) is 395 Å². The van der Waals surface area contributed by atoms with E-state index in [9.17, 15) is 0 Å². The van der Waals surface area contributed by atoms with E-state index in [1.807, 2.05) is 0 Å². The molecule has 0 rings (SSSR count). The molecule has 0 saturated carbocycles. The zero-order valence-electron chi connectivity index (χ0n) is 56.7. The van der Waals surface area contributed by atoms with Crippen LogP contribution in [0.4, 0.5) is 0 Å². The molecule has 0 bridgehead atoms. The molecule has 0 atom stereocenters. The maximum atomic E-state index is 2.45. The first-order valence-electron chi connectivity index (χ1n) is 36.5. The SMILES string of the molecule is CCCCCCCC/C=C\CCCCCCCC[N+](C)(C)CCCCCCCC/C=C\CCCCCCCC.CCCCCCCC/C=C\CCCCCCCC[N+](C)(C)CCCCCCCC/C=C\CCCCCCCC.[Br-].[Cl-]. The molecule has 0 aromatic carbocycles. The normalized spacial score (nSPS) is 12.1. The standard InChI is InChI=1S/2C38H76N.BrH.ClH/c2*1-5-7-9-11-13-15-17-19-21-23-25-27-29-31-33-35-37-39(3,4)38-36-34-32-30-28-26-24-22-20-18-16-14-12-10-8-6-2;;/h2*19-22H,5-18,23-38H2,1-4H3;2*1H/q2*+1;;/p-2/b2*21-19-,22-20-;;. The summed E-state index contributed by atoms with van der Waals surface area (Å²) in [6.07, 6.45) is 98.1. The highest BCUT2D eigenvalue weighted by atomic mass is 79.9. The van der Waals surface area contributed by atoms with Gasteiger partial charge >= 0.3 is 0 Å². The summed E-state index contributed by atoms with van der Waals surface area (Å²) in [6, 6.07) is 0. The first-order chi connectivity index (χ1) is 38.2. The van der Waals surface area contributed by atoms with Gasteiger partial charge in [0.1, 0.15) is 0 Å². The van der Waals surface area contributed by atoms with Crippen molar-refractivity contribution in [2.24, 2.45) is 0 Å². The van der Waals surface area contributed by atoms with Crippen LogP contribution in [0.15, 0.2) is 48.6 Å². The topological polar surface area (TPSA) is 0 Å². The Labute approximate surface area is 525 Å². The lowest BCUT2D eigenvalue weighted by molar-refractivity contribution is -0.890. The molecule has 0 aliphatic rings. The molecule has 2 nitrogen and oxygen atoms in total. The molecule has 0 heterocycles. The van der Waals surface area contributed by atoms with Gasteiger partial charge in [0.05, 0.1) is 54.4 Å². The van der Waals surface area contributed by atoms with E-state index in [0.717, 1.165) is 0 Å². The number of halogens is 2. The number of unbranched alkanes of at least 4 members (excludes halogenated alkanes) is 48. The maximum absolute atomic E-state index is 2.45. The third-order valence-electron chi connectivity index (χ3n) is 17.1. The number of hydrogen-bond donors (Lipinski definition) is 0. The summed E-state index contributed by atoms with van der Waals surface area (Å²) in [4.78, 5) is 0.